The van der Waals surface area contributed by atoms with Gasteiger partial charge in [0.25, 0.3) is 0 Å². The van der Waals surface area contributed by atoms with E-state index in [0.29, 0.717) is 6.04 Å². The maximum Gasteiger partial charge on any atom is 0.0558 e. The van der Waals surface area contributed by atoms with Crippen LogP contribution in [-0.2, 0) is 0 Å². The first-order valence-electron chi connectivity index (χ1n) is 5.94. The molecule has 1 unspecified atom stereocenters. The number of rotatable bonds is 3. The quantitative estimate of drug-likeness (QED) is 0.816. The summed E-state index contributed by atoms with van der Waals surface area (Å²) in [6.07, 6.45) is 9.36. The van der Waals surface area contributed by atoms with Gasteiger partial charge in [-0.25, -0.2) is 0 Å². The lowest BCUT2D eigenvalue weighted by molar-refractivity contribution is 0.482. The molecule has 1 saturated carbocycles. The first-order valence-corrected chi connectivity index (χ1v) is 5.94. The van der Waals surface area contributed by atoms with E-state index < -0.39 is 0 Å². The molecule has 0 radical (unpaired) electrons. The molecule has 0 aromatic carbocycles. The molecule has 1 N–H and O–H groups in total. The van der Waals surface area contributed by atoms with Crippen molar-refractivity contribution < 1.29 is 0 Å². The molecule has 1 aliphatic carbocycles. The molecule has 1 fully saturated rings. The van der Waals surface area contributed by atoms with Gasteiger partial charge in [-0.3, -0.25) is 4.98 Å². The molecule has 15 heavy (non-hydrogen) atoms. The Hall–Kier alpha value is -1.05. The van der Waals surface area contributed by atoms with E-state index in [1.165, 1.54) is 36.9 Å². The van der Waals surface area contributed by atoms with Crippen LogP contribution in [0.2, 0.25) is 0 Å². The van der Waals surface area contributed by atoms with Crippen LogP contribution in [0.3, 0.4) is 0 Å². The van der Waals surface area contributed by atoms with Gasteiger partial charge in [-0.1, -0.05) is 12.8 Å². The second-order valence-electron chi connectivity index (χ2n) is 4.67. The number of pyridine rings is 1. The SMILES string of the molecule is Cc1ccncc1NC(C)C1CCCC1. The van der Waals surface area contributed by atoms with E-state index in [-0.39, 0.29) is 0 Å². The fraction of sp³-hybridized carbons (Fsp3) is 0.615. The van der Waals surface area contributed by atoms with Crippen LogP contribution in [0.25, 0.3) is 0 Å². The summed E-state index contributed by atoms with van der Waals surface area (Å²) in [5, 5.41) is 3.59. The lowest BCUT2D eigenvalue weighted by Crippen LogP contribution is -2.24. The second kappa shape index (κ2) is 4.65. The average Bonchev–Trinajstić information content (AvgIpc) is 2.74. The Balaban J connectivity index is 1.99. The van der Waals surface area contributed by atoms with Crippen molar-refractivity contribution in [2.24, 2.45) is 5.92 Å². The van der Waals surface area contributed by atoms with E-state index in [1.807, 2.05) is 12.4 Å². The standard InChI is InChI=1S/C13H20N2/c1-10-7-8-14-9-13(10)15-11(2)12-5-3-4-6-12/h7-9,11-12,15H,3-6H2,1-2H3. The Morgan fingerprint density at radius 3 is 2.80 bits per heavy atom. The summed E-state index contributed by atoms with van der Waals surface area (Å²) in [7, 11) is 0. The number of nitrogens with zero attached hydrogens (tertiary/aromatic N) is 1. The topological polar surface area (TPSA) is 24.9 Å². The highest BCUT2D eigenvalue weighted by molar-refractivity contribution is 5.48. The number of aryl methyl sites for hydroxylation is 1. The minimum absolute atomic E-state index is 0.579. The Morgan fingerprint density at radius 2 is 2.13 bits per heavy atom. The van der Waals surface area contributed by atoms with E-state index in [0.717, 1.165) is 5.92 Å². The van der Waals surface area contributed by atoms with Gasteiger partial charge in [-0.05, 0) is 44.2 Å². The van der Waals surface area contributed by atoms with Crippen LogP contribution < -0.4 is 5.32 Å². The summed E-state index contributed by atoms with van der Waals surface area (Å²) in [6.45, 7) is 4.42. The molecule has 0 saturated heterocycles. The summed E-state index contributed by atoms with van der Waals surface area (Å²) in [5.74, 6) is 0.851. The number of nitrogens with one attached hydrogen (secondary N) is 1. The van der Waals surface area contributed by atoms with E-state index in [1.54, 1.807) is 0 Å². The molecule has 0 bridgehead atoms. The number of hydrogen-bond donors (Lipinski definition) is 1. The fourth-order valence-electron chi connectivity index (χ4n) is 2.44. The third-order valence-corrected chi connectivity index (χ3v) is 3.53. The molecule has 2 rings (SSSR count). The van der Waals surface area contributed by atoms with Crippen LogP contribution in [0, 0.1) is 12.8 Å². The van der Waals surface area contributed by atoms with Gasteiger partial charge in [0.1, 0.15) is 0 Å². The molecule has 0 amide bonds. The third-order valence-electron chi connectivity index (χ3n) is 3.53. The largest absolute Gasteiger partial charge is 0.381 e. The molecular weight excluding hydrogens is 184 g/mol. The summed E-state index contributed by atoms with van der Waals surface area (Å²) < 4.78 is 0. The van der Waals surface area contributed by atoms with Crippen molar-refractivity contribution in [1.82, 2.24) is 4.98 Å². The second-order valence-corrected chi connectivity index (χ2v) is 4.67. The molecule has 2 heteroatoms. The maximum atomic E-state index is 4.16. The molecule has 1 heterocycles. The molecule has 82 valence electrons. The third kappa shape index (κ3) is 2.49. The van der Waals surface area contributed by atoms with Gasteiger partial charge < -0.3 is 5.32 Å². The number of hydrogen-bond acceptors (Lipinski definition) is 2. The molecule has 1 aliphatic rings. The number of aromatic nitrogens is 1. The molecule has 1 aromatic rings. The van der Waals surface area contributed by atoms with Crippen molar-refractivity contribution in [2.75, 3.05) is 5.32 Å². The van der Waals surface area contributed by atoms with Crippen molar-refractivity contribution >= 4 is 5.69 Å². The van der Waals surface area contributed by atoms with Crippen LogP contribution in [0.5, 0.6) is 0 Å². The van der Waals surface area contributed by atoms with Gasteiger partial charge in [0.2, 0.25) is 0 Å². The van der Waals surface area contributed by atoms with E-state index in [4.69, 9.17) is 0 Å². The van der Waals surface area contributed by atoms with E-state index in [9.17, 15) is 0 Å². The molecule has 2 nitrogen and oxygen atoms in total. The van der Waals surface area contributed by atoms with Crippen LogP contribution in [-0.4, -0.2) is 11.0 Å². The zero-order valence-electron chi connectivity index (χ0n) is 9.66. The highest BCUT2D eigenvalue weighted by Crippen LogP contribution is 2.29. The molecule has 1 aromatic heterocycles. The van der Waals surface area contributed by atoms with Gasteiger partial charge >= 0.3 is 0 Å². The monoisotopic (exact) mass is 204 g/mol. The Bertz CT molecular complexity index is 316. The summed E-state index contributed by atoms with van der Waals surface area (Å²) in [5.41, 5.74) is 2.48. The van der Waals surface area contributed by atoms with Crippen LogP contribution in [0.1, 0.15) is 38.2 Å². The van der Waals surface area contributed by atoms with Crippen LogP contribution in [0.15, 0.2) is 18.5 Å². The van der Waals surface area contributed by atoms with E-state index >= 15 is 0 Å². The van der Waals surface area contributed by atoms with Gasteiger partial charge in [0, 0.05) is 12.2 Å². The van der Waals surface area contributed by atoms with Crippen molar-refractivity contribution in [3.8, 4) is 0 Å². The zero-order valence-corrected chi connectivity index (χ0v) is 9.66. The van der Waals surface area contributed by atoms with Crippen molar-refractivity contribution in [3.63, 3.8) is 0 Å². The minimum atomic E-state index is 0.579. The Morgan fingerprint density at radius 1 is 1.40 bits per heavy atom. The van der Waals surface area contributed by atoms with Crippen molar-refractivity contribution in [3.05, 3.63) is 24.0 Å². The molecule has 0 spiro atoms. The zero-order chi connectivity index (χ0) is 10.7. The van der Waals surface area contributed by atoms with Crippen molar-refractivity contribution in [1.29, 1.82) is 0 Å². The van der Waals surface area contributed by atoms with Crippen LogP contribution in [0.4, 0.5) is 5.69 Å². The average molecular weight is 204 g/mol. The molecule has 1 atom stereocenters. The van der Waals surface area contributed by atoms with Gasteiger partial charge in [0.05, 0.1) is 11.9 Å². The lowest BCUT2D eigenvalue weighted by Gasteiger charge is -2.22. The van der Waals surface area contributed by atoms with Crippen molar-refractivity contribution in [2.45, 2.75) is 45.6 Å². The van der Waals surface area contributed by atoms with Gasteiger partial charge in [-0.15, -0.1) is 0 Å². The fourth-order valence-corrected chi connectivity index (χ4v) is 2.44. The van der Waals surface area contributed by atoms with Crippen LogP contribution >= 0.6 is 0 Å². The predicted molar refractivity (Wildman–Crippen MR) is 64.0 cm³/mol. The predicted octanol–water partition coefficient (Wildman–Crippen LogP) is 3.38. The molecule has 0 aliphatic heterocycles. The van der Waals surface area contributed by atoms with Gasteiger partial charge in [-0.2, -0.15) is 0 Å². The minimum Gasteiger partial charge on any atom is -0.381 e. The molecular formula is C13H20N2. The Kier molecular flexibility index (Phi) is 3.24. The Labute approximate surface area is 92.1 Å². The highest BCUT2D eigenvalue weighted by atomic mass is 14.9. The smallest absolute Gasteiger partial charge is 0.0558 e. The van der Waals surface area contributed by atoms with E-state index in [2.05, 4.69) is 30.2 Å². The normalized spacial score (nSPS) is 19.1. The number of anilines is 1. The first kappa shape index (κ1) is 10.5. The first-order chi connectivity index (χ1) is 7.27. The van der Waals surface area contributed by atoms with Gasteiger partial charge in [0.15, 0.2) is 0 Å². The maximum absolute atomic E-state index is 4.16. The lowest BCUT2D eigenvalue weighted by atomic mass is 9.99. The summed E-state index contributed by atoms with van der Waals surface area (Å²) in [6, 6.07) is 2.64. The highest BCUT2D eigenvalue weighted by Gasteiger charge is 2.21. The summed E-state index contributed by atoms with van der Waals surface area (Å²) in [4.78, 5) is 4.16. The summed E-state index contributed by atoms with van der Waals surface area (Å²) >= 11 is 0.